The van der Waals surface area contributed by atoms with Gasteiger partial charge in [0, 0.05) is 24.1 Å². The molecule has 2 aromatic heterocycles. The zero-order chi connectivity index (χ0) is 22.5. The Balaban J connectivity index is 1.26. The second kappa shape index (κ2) is 9.73. The van der Waals surface area contributed by atoms with Crippen LogP contribution in [0.5, 0.6) is 0 Å². The van der Waals surface area contributed by atoms with Crippen LogP contribution in [-0.2, 0) is 17.0 Å². The summed E-state index contributed by atoms with van der Waals surface area (Å²) in [7, 11) is 0. The highest BCUT2D eigenvalue weighted by molar-refractivity contribution is 7.98. The molecular weight excluding hydrogens is 431 g/mol. The average Bonchev–Trinajstić information content (AvgIpc) is 3.43. The number of hydrogen-bond donors (Lipinski definition) is 2. The first-order valence-corrected chi connectivity index (χ1v) is 10.9. The van der Waals surface area contributed by atoms with Crippen LogP contribution < -0.4 is 5.32 Å². The molecule has 0 radical (unpaired) electrons. The van der Waals surface area contributed by atoms with Crippen molar-refractivity contribution in [1.29, 1.82) is 0 Å². The summed E-state index contributed by atoms with van der Waals surface area (Å²) in [6.45, 7) is 3.97. The third kappa shape index (κ3) is 5.58. The van der Waals surface area contributed by atoms with Crippen LogP contribution in [0, 0.1) is 19.7 Å². The quantitative estimate of drug-likeness (QED) is 0.380. The van der Waals surface area contributed by atoms with Gasteiger partial charge in [-0.05, 0) is 49.7 Å². The SMILES string of the molecule is Cc1ccc(NC(=O)CCc2nc(CSc3n[nH]c(-c4ccc(F)cc4)n3)no2)c(C)c1. The summed E-state index contributed by atoms with van der Waals surface area (Å²) in [4.78, 5) is 20.9. The van der Waals surface area contributed by atoms with Crippen molar-refractivity contribution >= 4 is 23.4 Å². The number of carbonyl (C=O) groups is 1. The van der Waals surface area contributed by atoms with E-state index in [1.54, 1.807) is 12.1 Å². The number of nitrogens with zero attached hydrogens (tertiary/aromatic N) is 4. The van der Waals surface area contributed by atoms with Crippen molar-refractivity contribution in [1.82, 2.24) is 25.3 Å². The Labute approximate surface area is 188 Å². The number of nitrogens with one attached hydrogen (secondary N) is 2. The number of rotatable bonds is 8. The number of halogens is 1. The molecule has 0 unspecified atom stereocenters. The molecule has 0 aliphatic carbocycles. The summed E-state index contributed by atoms with van der Waals surface area (Å²) in [6.07, 6.45) is 0.591. The molecule has 0 saturated carbocycles. The van der Waals surface area contributed by atoms with E-state index in [0.29, 0.717) is 34.9 Å². The van der Waals surface area contributed by atoms with Gasteiger partial charge < -0.3 is 9.84 Å². The number of carbonyl (C=O) groups excluding carboxylic acids is 1. The lowest BCUT2D eigenvalue weighted by molar-refractivity contribution is -0.116. The minimum Gasteiger partial charge on any atom is -0.339 e. The Bertz CT molecular complexity index is 1220. The fraction of sp³-hybridized carbons (Fsp3) is 0.227. The molecule has 8 nitrogen and oxygen atoms in total. The number of amides is 1. The second-order valence-electron chi connectivity index (χ2n) is 7.23. The lowest BCUT2D eigenvalue weighted by Crippen LogP contribution is -2.13. The maximum Gasteiger partial charge on any atom is 0.227 e. The number of aromatic nitrogens is 5. The number of aromatic amines is 1. The Morgan fingerprint density at radius 1 is 1.16 bits per heavy atom. The summed E-state index contributed by atoms with van der Waals surface area (Å²) >= 11 is 1.34. The van der Waals surface area contributed by atoms with E-state index in [1.165, 1.54) is 23.9 Å². The van der Waals surface area contributed by atoms with E-state index in [2.05, 4.69) is 30.6 Å². The van der Waals surface area contributed by atoms with Gasteiger partial charge in [-0.3, -0.25) is 9.89 Å². The number of hydrogen-bond acceptors (Lipinski definition) is 7. The number of benzene rings is 2. The van der Waals surface area contributed by atoms with Gasteiger partial charge in [-0.1, -0.05) is 34.6 Å². The Morgan fingerprint density at radius 3 is 2.75 bits per heavy atom. The molecule has 2 heterocycles. The van der Waals surface area contributed by atoms with Crippen molar-refractivity contribution < 1.29 is 13.7 Å². The molecule has 4 rings (SSSR count). The van der Waals surface area contributed by atoms with E-state index >= 15 is 0 Å². The molecule has 0 spiro atoms. The summed E-state index contributed by atoms with van der Waals surface area (Å²) in [5.41, 5.74) is 3.71. The van der Waals surface area contributed by atoms with Gasteiger partial charge in [0.05, 0.1) is 5.75 Å². The van der Waals surface area contributed by atoms with Crippen LogP contribution in [0.3, 0.4) is 0 Å². The largest absolute Gasteiger partial charge is 0.339 e. The number of aryl methyl sites for hydroxylation is 3. The molecule has 0 aliphatic heterocycles. The van der Waals surface area contributed by atoms with Gasteiger partial charge >= 0.3 is 0 Å². The van der Waals surface area contributed by atoms with Crippen molar-refractivity contribution in [3.63, 3.8) is 0 Å². The van der Waals surface area contributed by atoms with Gasteiger partial charge in [0.25, 0.3) is 0 Å². The predicted molar refractivity (Wildman–Crippen MR) is 119 cm³/mol. The third-order valence-corrected chi connectivity index (χ3v) is 5.49. The highest BCUT2D eigenvalue weighted by atomic mass is 32.2. The summed E-state index contributed by atoms with van der Waals surface area (Å²) in [6, 6.07) is 11.9. The summed E-state index contributed by atoms with van der Waals surface area (Å²) in [5, 5.41) is 14.3. The molecular formula is C22H21FN6O2S. The average molecular weight is 453 g/mol. The molecule has 2 N–H and O–H groups in total. The van der Waals surface area contributed by atoms with Gasteiger partial charge in [-0.15, -0.1) is 5.10 Å². The molecule has 10 heteroatoms. The van der Waals surface area contributed by atoms with E-state index in [4.69, 9.17) is 4.52 Å². The van der Waals surface area contributed by atoms with Crippen LogP contribution >= 0.6 is 11.8 Å². The molecule has 0 saturated heterocycles. The third-order valence-electron chi connectivity index (χ3n) is 4.64. The number of anilines is 1. The van der Waals surface area contributed by atoms with Gasteiger partial charge in [-0.25, -0.2) is 9.37 Å². The fourth-order valence-electron chi connectivity index (χ4n) is 3.01. The molecule has 1 amide bonds. The lowest BCUT2D eigenvalue weighted by Gasteiger charge is -2.08. The van der Waals surface area contributed by atoms with Crippen LogP contribution in [0.15, 0.2) is 52.1 Å². The van der Waals surface area contributed by atoms with Crippen LogP contribution in [-0.4, -0.2) is 31.2 Å². The monoisotopic (exact) mass is 452 g/mol. The zero-order valence-electron chi connectivity index (χ0n) is 17.6. The van der Waals surface area contributed by atoms with Crippen molar-refractivity contribution in [2.45, 2.75) is 37.6 Å². The van der Waals surface area contributed by atoms with Crippen molar-refractivity contribution in [3.8, 4) is 11.4 Å². The maximum absolute atomic E-state index is 13.0. The molecule has 0 bridgehead atoms. The minimum atomic E-state index is -0.307. The molecule has 164 valence electrons. The van der Waals surface area contributed by atoms with E-state index < -0.39 is 0 Å². The highest BCUT2D eigenvalue weighted by Gasteiger charge is 2.12. The molecule has 0 atom stereocenters. The van der Waals surface area contributed by atoms with Crippen LogP contribution in [0.2, 0.25) is 0 Å². The second-order valence-corrected chi connectivity index (χ2v) is 8.18. The maximum atomic E-state index is 13.0. The highest BCUT2D eigenvalue weighted by Crippen LogP contribution is 2.22. The summed E-state index contributed by atoms with van der Waals surface area (Å²) < 4.78 is 18.3. The molecule has 32 heavy (non-hydrogen) atoms. The Hall–Kier alpha value is -3.53. The van der Waals surface area contributed by atoms with Crippen LogP contribution in [0.1, 0.15) is 29.3 Å². The zero-order valence-corrected chi connectivity index (χ0v) is 18.4. The Kier molecular flexibility index (Phi) is 6.60. The first-order valence-electron chi connectivity index (χ1n) is 9.96. The minimum absolute atomic E-state index is 0.111. The topological polar surface area (TPSA) is 110 Å². The lowest BCUT2D eigenvalue weighted by atomic mass is 10.1. The van der Waals surface area contributed by atoms with Crippen molar-refractivity contribution in [3.05, 3.63) is 71.1 Å². The van der Waals surface area contributed by atoms with E-state index in [0.717, 1.165) is 22.4 Å². The van der Waals surface area contributed by atoms with Gasteiger partial charge in [-0.2, -0.15) is 4.98 Å². The van der Waals surface area contributed by atoms with Gasteiger partial charge in [0.15, 0.2) is 11.6 Å². The standard InChI is InChI=1S/C22H21FN6O2S/c1-13-3-8-17(14(2)11-13)24-19(30)9-10-20-25-18(29-31-20)12-32-22-26-21(27-28-22)15-4-6-16(23)7-5-15/h3-8,11H,9-10,12H2,1-2H3,(H,24,30)(H,26,27,28). The first-order chi connectivity index (χ1) is 15.5. The van der Waals surface area contributed by atoms with E-state index in [9.17, 15) is 9.18 Å². The molecule has 2 aromatic carbocycles. The first kappa shape index (κ1) is 21.7. The van der Waals surface area contributed by atoms with Gasteiger partial charge in [0.2, 0.25) is 17.0 Å². The number of thioether (sulfide) groups is 1. The van der Waals surface area contributed by atoms with Crippen molar-refractivity contribution in [2.75, 3.05) is 5.32 Å². The molecule has 4 aromatic rings. The van der Waals surface area contributed by atoms with E-state index in [1.807, 2.05) is 32.0 Å². The summed E-state index contributed by atoms with van der Waals surface area (Å²) in [5.74, 6) is 1.44. The van der Waals surface area contributed by atoms with E-state index in [-0.39, 0.29) is 18.1 Å². The fourth-order valence-corrected chi connectivity index (χ4v) is 3.66. The van der Waals surface area contributed by atoms with Crippen molar-refractivity contribution in [2.24, 2.45) is 0 Å². The van der Waals surface area contributed by atoms with Crippen LogP contribution in [0.25, 0.3) is 11.4 Å². The normalized spacial score (nSPS) is 11.0. The predicted octanol–water partition coefficient (Wildman–Crippen LogP) is 4.47. The van der Waals surface area contributed by atoms with Gasteiger partial charge in [0.1, 0.15) is 5.82 Å². The Morgan fingerprint density at radius 2 is 1.97 bits per heavy atom. The number of H-pyrrole nitrogens is 1. The smallest absolute Gasteiger partial charge is 0.227 e. The van der Waals surface area contributed by atoms with Crippen LogP contribution in [0.4, 0.5) is 10.1 Å². The molecule has 0 fully saturated rings. The molecule has 0 aliphatic rings.